The van der Waals surface area contributed by atoms with E-state index in [1.165, 1.54) is 15.6 Å². The Morgan fingerprint density at radius 1 is 1.08 bits per heavy atom. The highest BCUT2D eigenvalue weighted by molar-refractivity contribution is 7.91. The molecule has 0 bridgehead atoms. The number of rotatable bonds is 7. The minimum Gasteiger partial charge on any atom is -0.379 e. The van der Waals surface area contributed by atoms with Crippen LogP contribution >= 0.6 is 11.3 Å². The fraction of sp³-hybridized carbons (Fsp3) is 0.462. The van der Waals surface area contributed by atoms with Crippen molar-refractivity contribution < 1.29 is 23.0 Å². The molecular weight excluding hydrogens is 513 g/mol. The van der Waals surface area contributed by atoms with Gasteiger partial charge in [-0.3, -0.25) is 0 Å². The topological polar surface area (TPSA) is 79.3 Å². The predicted molar refractivity (Wildman–Crippen MR) is 147 cm³/mol. The van der Waals surface area contributed by atoms with Gasteiger partial charge >= 0.3 is 0 Å². The van der Waals surface area contributed by atoms with Gasteiger partial charge in [-0.05, 0) is 34.5 Å². The lowest BCUT2D eigenvalue weighted by Crippen LogP contribution is -2.50. The summed E-state index contributed by atoms with van der Waals surface area (Å²) >= 11 is 1.23. The van der Waals surface area contributed by atoms with Gasteiger partial charge < -0.3 is 19.5 Å². The summed E-state index contributed by atoms with van der Waals surface area (Å²) in [6.07, 6.45) is 0. The van der Waals surface area contributed by atoms with Crippen molar-refractivity contribution in [1.82, 2.24) is 4.31 Å². The van der Waals surface area contributed by atoms with Crippen LogP contribution in [-0.2, 0) is 25.1 Å². The van der Waals surface area contributed by atoms with Gasteiger partial charge in [0.05, 0.1) is 24.8 Å². The first kappa shape index (κ1) is 25.8. The fourth-order valence-electron chi connectivity index (χ4n) is 4.68. The molecule has 0 spiro atoms. The Kier molecular flexibility index (Phi) is 7.05. The lowest BCUT2D eigenvalue weighted by Gasteiger charge is -2.38. The molecule has 1 aromatic heterocycles. The monoisotopic (exact) mass is 546 g/mol. The second-order valence-electron chi connectivity index (χ2n) is 10.8. The Balaban J connectivity index is 1.55. The van der Waals surface area contributed by atoms with Crippen LogP contribution in [0.3, 0.4) is 0 Å². The summed E-state index contributed by atoms with van der Waals surface area (Å²) < 4.78 is 40.3. The van der Waals surface area contributed by atoms with Crippen LogP contribution in [0.4, 0.5) is 5.00 Å². The molecule has 0 amide bonds. The first-order chi connectivity index (χ1) is 17.1. The maximum absolute atomic E-state index is 13.7. The first-order valence-electron chi connectivity index (χ1n) is 12.3. The zero-order chi connectivity index (χ0) is 25.6. The van der Waals surface area contributed by atoms with E-state index >= 15 is 0 Å². The molecule has 7 nitrogen and oxygen atoms in total. The summed E-state index contributed by atoms with van der Waals surface area (Å²) in [7, 11) is -5.13. The molecule has 2 aliphatic rings. The van der Waals surface area contributed by atoms with Gasteiger partial charge in [0.25, 0.3) is 10.0 Å². The number of benzene rings is 2. The summed E-state index contributed by atoms with van der Waals surface area (Å²) in [6, 6.07) is 16.6. The molecule has 1 unspecified atom stereocenters. The van der Waals surface area contributed by atoms with E-state index in [2.05, 4.69) is 24.5 Å². The van der Waals surface area contributed by atoms with Crippen LogP contribution in [0.5, 0.6) is 0 Å². The number of hydrogen-bond donors (Lipinski definition) is 1. The molecule has 0 saturated carbocycles. The first-order valence-corrected chi connectivity index (χ1v) is 18.3. The highest BCUT2D eigenvalue weighted by Crippen LogP contribution is 2.47. The number of β-amino-alcohol motifs (C(OH)–C–C–N with tert-alkyl or cyclic N) is 1. The number of thiophene rings is 1. The highest BCUT2D eigenvalue weighted by atomic mass is 32.2. The van der Waals surface area contributed by atoms with Gasteiger partial charge in [0.1, 0.15) is 16.5 Å². The third kappa shape index (κ3) is 5.00. The van der Waals surface area contributed by atoms with Crippen molar-refractivity contribution in [2.75, 3.05) is 51.1 Å². The minimum atomic E-state index is -3.82. The van der Waals surface area contributed by atoms with E-state index in [-0.39, 0.29) is 17.5 Å². The van der Waals surface area contributed by atoms with E-state index in [1.54, 1.807) is 0 Å². The smallest absolute Gasteiger partial charge is 0.255 e. The van der Waals surface area contributed by atoms with Crippen LogP contribution < -0.4 is 4.90 Å². The predicted octanol–water partition coefficient (Wildman–Crippen LogP) is 4.29. The summed E-state index contributed by atoms with van der Waals surface area (Å²) in [5.74, 6) is 0. The number of morpholine rings is 1. The van der Waals surface area contributed by atoms with Crippen LogP contribution in [0.15, 0.2) is 52.7 Å². The second-order valence-corrected chi connectivity index (χ2v) is 19.6. The minimum absolute atomic E-state index is 0.0765. The molecule has 0 aliphatic carbocycles. The van der Waals surface area contributed by atoms with Gasteiger partial charge in [0, 0.05) is 33.3 Å². The summed E-state index contributed by atoms with van der Waals surface area (Å²) in [6.45, 7) is 9.70. The molecule has 5 rings (SSSR count). The normalized spacial score (nSPS) is 22.6. The third-order valence-corrected chi connectivity index (χ3v) is 12.1. The number of sulfonamides is 1. The summed E-state index contributed by atoms with van der Waals surface area (Å²) in [5, 5.41) is 15.2. The number of nitrogens with zero attached hydrogens (tertiary/aromatic N) is 2. The molecule has 1 N–H and O–H groups in total. The molecule has 36 heavy (non-hydrogen) atoms. The van der Waals surface area contributed by atoms with Crippen molar-refractivity contribution in [3.05, 3.63) is 59.7 Å². The Bertz CT molecular complexity index is 1350. The quantitative estimate of drug-likeness (QED) is 0.352. The summed E-state index contributed by atoms with van der Waals surface area (Å²) in [4.78, 5) is 2.14. The molecule has 10 heteroatoms. The number of aliphatic hydroxyl groups is 1. The average Bonchev–Trinajstić information content (AvgIpc) is 3.32. The van der Waals surface area contributed by atoms with Gasteiger partial charge in [0.2, 0.25) is 0 Å². The van der Waals surface area contributed by atoms with Crippen LogP contribution in [0.2, 0.25) is 25.7 Å². The maximum Gasteiger partial charge on any atom is 0.255 e. The number of anilines is 1. The van der Waals surface area contributed by atoms with Gasteiger partial charge in [-0.1, -0.05) is 56.0 Å². The van der Waals surface area contributed by atoms with Crippen molar-refractivity contribution in [2.24, 2.45) is 0 Å². The lowest BCUT2D eigenvalue weighted by atomic mass is 9.86. The molecule has 194 valence electrons. The van der Waals surface area contributed by atoms with Crippen molar-refractivity contribution in [2.45, 2.75) is 35.5 Å². The number of fused-ring (bicyclic) bond motifs is 2. The number of ether oxygens (including phenoxy) is 2. The SMILES string of the molecule is C[Si](C)(C)CCOCN1CC(O)(c2ccc3ccccc3c2)c2cc(N3CCOCC3)sc2S1(=O)=O. The Hall–Kier alpha value is -1.79. The van der Waals surface area contributed by atoms with Crippen molar-refractivity contribution in [1.29, 1.82) is 0 Å². The Morgan fingerprint density at radius 2 is 1.81 bits per heavy atom. The molecule has 3 aromatic rings. The third-order valence-electron chi connectivity index (χ3n) is 6.89. The Labute approximate surface area is 218 Å². The summed E-state index contributed by atoms with van der Waals surface area (Å²) in [5.41, 5.74) is -0.369. The molecule has 2 aliphatic heterocycles. The van der Waals surface area contributed by atoms with E-state index in [1.807, 2.05) is 48.5 Å². The van der Waals surface area contributed by atoms with Crippen LogP contribution in [-0.4, -0.2) is 72.1 Å². The van der Waals surface area contributed by atoms with Crippen LogP contribution in [0, 0.1) is 0 Å². The van der Waals surface area contributed by atoms with E-state index < -0.39 is 23.7 Å². The molecule has 3 heterocycles. The average molecular weight is 547 g/mol. The van der Waals surface area contributed by atoms with Gasteiger partial charge in [-0.25, -0.2) is 8.42 Å². The molecule has 1 atom stereocenters. The molecule has 0 radical (unpaired) electrons. The second kappa shape index (κ2) is 9.83. The van der Waals surface area contributed by atoms with Gasteiger partial charge in [-0.15, -0.1) is 11.3 Å². The van der Waals surface area contributed by atoms with Gasteiger partial charge in [0.15, 0.2) is 0 Å². The van der Waals surface area contributed by atoms with Crippen molar-refractivity contribution >= 4 is 45.2 Å². The van der Waals surface area contributed by atoms with Gasteiger partial charge in [-0.2, -0.15) is 4.31 Å². The lowest BCUT2D eigenvalue weighted by molar-refractivity contribution is 0.00927. The van der Waals surface area contributed by atoms with E-state index in [0.29, 0.717) is 44.0 Å². The fourth-order valence-corrected chi connectivity index (χ4v) is 8.75. The molecule has 1 fully saturated rings. The molecule has 2 aromatic carbocycles. The molecular formula is C26H34N2O5S2Si. The zero-order valence-corrected chi connectivity index (χ0v) is 23.7. The maximum atomic E-state index is 13.7. The molecule has 1 saturated heterocycles. The van der Waals surface area contributed by atoms with Crippen molar-refractivity contribution in [3.63, 3.8) is 0 Å². The van der Waals surface area contributed by atoms with Crippen LogP contribution in [0.25, 0.3) is 10.8 Å². The largest absolute Gasteiger partial charge is 0.379 e. The number of hydrogen-bond acceptors (Lipinski definition) is 7. The van der Waals surface area contributed by atoms with E-state index in [0.717, 1.165) is 21.8 Å². The Morgan fingerprint density at radius 3 is 2.53 bits per heavy atom. The van der Waals surface area contributed by atoms with E-state index in [9.17, 15) is 13.5 Å². The van der Waals surface area contributed by atoms with Crippen molar-refractivity contribution in [3.8, 4) is 0 Å². The standard InChI is InChI=1S/C26H34N2O5S2Si/c1-36(2,3)15-14-33-19-28-18-26(29,22-9-8-20-6-4-5-7-21(20)16-22)23-17-24(27-10-12-32-13-11-27)34-25(23)35(28,30)31/h4-9,16-17,29H,10-15,18-19H2,1-3H3. The highest BCUT2D eigenvalue weighted by Gasteiger charge is 2.48. The van der Waals surface area contributed by atoms with E-state index in [4.69, 9.17) is 9.47 Å². The van der Waals surface area contributed by atoms with Crippen LogP contribution in [0.1, 0.15) is 11.1 Å². The zero-order valence-electron chi connectivity index (χ0n) is 21.1.